The first-order valence-corrected chi connectivity index (χ1v) is 4.70. The maximum atomic E-state index is 10.2. The first-order valence-electron chi connectivity index (χ1n) is 4.70. The highest BCUT2D eigenvalue weighted by Crippen LogP contribution is 2.14. The summed E-state index contributed by atoms with van der Waals surface area (Å²) in [5.74, 6) is 0. The highest BCUT2D eigenvalue weighted by Gasteiger charge is 2.05. The van der Waals surface area contributed by atoms with Crippen molar-refractivity contribution >= 4 is 5.69 Å². The van der Waals surface area contributed by atoms with Gasteiger partial charge in [0.1, 0.15) is 0 Å². The van der Waals surface area contributed by atoms with Crippen LogP contribution in [0.4, 0.5) is 5.69 Å². The number of aryl methyl sites for hydroxylation is 1. The van der Waals surface area contributed by atoms with E-state index in [0.29, 0.717) is 12.0 Å². The number of nitro benzene ring substituents is 1. The van der Waals surface area contributed by atoms with Gasteiger partial charge in [-0.1, -0.05) is 25.1 Å². The monoisotopic (exact) mass is 206 g/mol. The van der Waals surface area contributed by atoms with Crippen LogP contribution >= 0.6 is 0 Å². The van der Waals surface area contributed by atoms with Crippen molar-refractivity contribution in [1.29, 1.82) is 5.26 Å². The lowest BCUT2D eigenvalue weighted by Crippen LogP contribution is -1.89. The maximum Gasteiger partial charge on any atom is 0.272 e. The molecule has 0 aromatic heterocycles. The summed E-state index contributed by atoms with van der Waals surface area (Å²) in [7, 11) is 0. The Bertz CT molecular complexity index is 356. The lowest BCUT2D eigenvalue weighted by atomic mass is 10.2. The van der Waals surface area contributed by atoms with Gasteiger partial charge in [-0.05, 0) is 13.3 Å². The molecule has 0 bridgehead atoms. The second-order valence-electron chi connectivity index (χ2n) is 2.95. The van der Waals surface area contributed by atoms with E-state index in [2.05, 4.69) is 0 Å². The van der Waals surface area contributed by atoms with Crippen LogP contribution in [0.15, 0.2) is 24.3 Å². The molecule has 0 fully saturated rings. The standard InChI is InChI=1S/C7H7NO2.C4H7N/c1-6-4-2-3-5-7(6)8(9)10;1-2-3-4-5/h2-5H,1H3;2-3H2,1H3. The van der Waals surface area contributed by atoms with Crippen molar-refractivity contribution < 1.29 is 4.92 Å². The highest BCUT2D eigenvalue weighted by atomic mass is 16.6. The van der Waals surface area contributed by atoms with Crippen LogP contribution in [0.2, 0.25) is 0 Å². The molecule has 1 aromatic rings. The molecule has 80 valence electrons. The summed E-state index contributed by atoms with van der Waals surface area (Å²) < 4.78 is 0. The van der Waals surface area contributed by atoms with Gasteiger partial charge in [0.2, 0.25) is 0 Å². The van der Waals surface area contributed by atoms with Gasteiger partial charge in [0, 0.05) is 18.1 Å². The first kappa shape index (κ1) is 13.1. The molecule has 0 radical (unpaired) electrons. The topological polar surface area (TPSA) is 66.9 Å². The number of unbranched alkanes of at least 4 members (excludes halogenated alkanes) is 1. The summed E-state index contributed by atoms with van der Waals surface area (Å²) in [6, 6.07) is 8.67. The molecular weight excluding hydrogens is 192 g/mol. The van der Waals surface area contributed by atoms with Gasteiger partial charge in [0.15, 0.2) is 0 Å². The Morgan fingerprint density at radius 3 is 2.33 bits per heavy atom. The van der Waals surface area contributed by atoms with Crippen molar-refractivity contribution in [2.75, 3.05) is 0 Å². The minimum Gasteiger partial charge on any atom is -0.258 e. The van der Waals surface area contributed by atoms with E-state index in [1.54, 1.807) is 25.1 Å². The number of nitrogens with zero attached hydrogens (tertiary/aromatic N) is 2. The summed E-state index contributed by atoms with van der Waals surface area (Å²) >= 11 is 0. The van der Waals surface area contributed by atoms with Crippen LogP contribution in [-0.4, -0.2) is 4.92 Å². The summed E-state index contributed by atoms with van der Waals surface area (Å²) in [4.78, 5) is 9.85. The zero-order valence-corrected chi connectivity index (χ0v) is 8.93. The van der Waals surface area contributed by atoms with Gasteiger partial charge in [-0.15, -0.1) is 0 Å². The molecule has 0 aliphatic heterocycles. The summed E-state index contributed by atoms with van der Waals surface area (Å²) in [6.45, 7) is 3.71. The van der Waals surface area contributed by atoms with E-state index in [9.17, 15) is 10.1 Å². The van der Waals surface area contributed by atoms with E-state index in [0.717, 1.165) is 6.42 Å². The normalized spacial score (nSPS) is 8.33. The molecule has 15 heavy (non-hydrogen) atoms. The van der Waals surface area contributed by atoms with Crippen LogP contribution in [0.5, 0.6) is 0 Å². The molecule has 0 unspecified atom stereocenters. The Morgan fingerprint density at radius 1 is 1.47 bits per heavy atom. The van der Waals surface area contributed by atoms with Crippen LogP contribution in [0.25, 0.3) is 0 Å². The molecule has 0 atom stereocenters. The smallest absolute Gasteiger partial charge is 0.258 e. The second kappa shape index (κ2) is 7.51. The summed E-state index contributed by atoms with van der Waals surface area (Å²) in [6.07, 6.45) is 1.68. The minimum atomic E-state index is -0.380. The van der Waals surface area contributed by atoms with Crippen LogP contribution < -0.4 is 0 Å². The molecular formula is C11H14N2O2. The zero-order valence-electron chi connectivity index (χ0n) is 8.93. The van der Waals surface area contributed by atoms with E-state index in [1.807, 2.05) is 13.0 Å². The molecule has 0 saturated carbocycles. The quantitative estimate of drug-likeness (QED) is 0.551. The predicted octanol–water partition coefficient (Wildman–Crippen LogP) is 3.21. The van der Waals surface area contributed by atoms with Crippen LogP contribution in [0, 0.1) is 28.4 Å². The average Bonchev–Trinajstić information content (AvgIpc) is 2.20. The molecule has 4 nitrogen and oxygen atoms in total. The number of nitro groups is 1. The Labute approximate surface area is 89.3 Å². The third kappa shape index (κ3) is 5.42. The molecule has 1 rings (SSSR count). The molecule has 0 amide bonds. The highest BCUT2D eigenvalue weighted by molar-refractivity contribution is 5.38. The molecule has 4 heteroatoms. The number of hydrogen-bond donors (Lipinski definition) is 0. The molecule has 0 N–H and O–H groups in total. The fraction of sp³-hybridized carbons (Fsp3) is 0.364. The average molecular weight is 206 g/mol. The van der Waals surface area contributed by atoms with E-state index in [-0.39, 0.29) is 10.6 Å². The van der Waals surface area contributed by atoms with Crippen LogP contribution in [-0.2, 0) is 0 Å². The van der Waals surface area contributed by atoms with Gasteiger partial charge in [0.25, 0.3) is 5.69 Å². The number of rotatable bonds is 2. The van der Waals surface area contributed by atoms with Crippen molar-refractivity contribution in [3.8, 4) is 6.07 Å². The second-order valence-corrected chi connectivity index (χ2v) is 2.95. The molecule has 0 spiro atoms. The molecule has 0 heterocycles. The molecule has 1 aromatic carbocycles. The van der Waals surface area contributed by atoms with E-state index < -0.39 is 0 Å². The lowest BCUT2D eigenvalue weighted by Gasteiger charge is -1.92. The van der Waals surface area contributed by atoms with E-state index >= 15 is 0 Å². The van der Waals surface area contributed by atoms with E-state index in [1.165, 1.54) is 6.07 Å². The molecule has 0 aliphatic carbocycles. The fourth-order valence-electron chi connectivity index (χ4n) is 0.880. The lowest BCUT2D eigenvalue weighted by molar-refractivity contribution is -0.385. The number of benzene rings is 1. The predicted molar refractivity (Wildman–Crippen MR) is 58.4 cm³/mol. The van der Waals surface area contributed by atoms with Gasteiger partial charge in [-0.25, -0.2) is 0 Å². The summed E-state index contributed by atoms with van der Waals surface area (Å²) in [5.41, 5.74) is 0.884. The third-order valence-electron chi connectivity index (χ3n) is 1.67. The summed E-state index contributed by atoms with van der Waals surface area (Å²) in [5, 5.41) is 18.0. The van der Waals surface area contributed by atoms with Gasteiger partial charge in [0.05, 0.1) is 11.0 Å². The Hall–Kier alpha value is -1.89. The fourth-order valence-corrected chi connectivity index (χ4v) is 0.880. The van der Waals surface area contributed by atoms with Crippen molar-refractivity contribution in [2.24, 2.45) is 0 Å². The molecule has 0 aliphatic rings. The van der Waals surface area contributed by atoms with Crippen LogP contribution in [0.1, 0.15) is 25.3 Å². The molecule has 0 saturated heterocycles. The van der Waals surface area contributed by atoms with Gasteiger partial charge in [-0.2, -0.15) is 5.26 Å². The largest absolute Gasteiger partial charge is 0.272 e. The number of hydrogen-bond acceptors (Lipinski definition) is 3. The zero-order chi connectivity index (χ0) is 11.7. The minimum absolute atomic E-state index is 0.183. The van der Waals surface area contributed by atoms with Crippen molar-refractivity contribution in [2.45, 2.75) is 26.7 Å². The van der Waals surface area contributed by atoms with Crippen molar-refractivity contribution in [1.82, 2.24) is 0 Å². The van der Waals surface area contributed by atoms with Crippen molar-refractivity contribution in [3.05, 3.63) is 39.9 Å². The van der Waals surface area contributed by atoms with Gasteiger partial charge < -0.3 is 0 Å². The number of para-hydroxylation sites is 1. The Kier molecular flexibility index (Phi) is 6.56. The third-order valence-corrected chi connectivity index (χ3v) is 1.67. The maximum absolute atomic E-state index is 10.2. The van der Waals surface area contributed by atoms with E-state index in [4.69, 9.17) is 5.26 Å². The van der Waals surface area contributed by atoms with Crippen LogP contribution in [0.3, 0.4) is 0 Å². The van der Waals surface area contributed by atoms with Gasteiger partial charge >= 0.3 is 0 Å². The Morgan fingerprint density at radius 2 is 2.07 bits per heavy atom. The SMILES string of the molecule is CCCC#N.Cc1ccccc1[N+](=O)[O-]. The van der Waals surface area contributed by atoms with Crippen molar-refractivity contribution in [3.63, 3.8) is 0 Å². The Balaban J connectivity index is 0.000000336. The number of nitriles is 1. The van der Waals surface area contributed by atoms with Gasteiger partial charge in [-0.3, -0.25) is 10.1 Å². The first-order chi connectivity index (χ1) is 7.13.